The van der Waals surface area contributed by atoms with Gasteiger partial charge in [0, 0.05) is 23.5 Å². The van der Waals surface area contributed by atoms with E-state index in [0.29, 0.717) is 0 Å². The van der Waals surface area contributed by atoms with Crippen molar-refractivity contribution in [3.63, 3.8) is 0 Å². The van der Waals surface area contributed by atoms with Crippen LogP contribution in [0.3, 0.4) is 0 Å². The zero-order valence-electron chi connectivity index (χ0n) is 31.5. The highest BCUT2D eigenvalue weighted by Crippen LogP contribution is 2.64. The van der Waals surface area contributed by atoms with Gasteiger partial charge >= 0.3 is 0 Å². The van der Waals surface area contributed by atoms with Crippen LogP contribution in [0.2, 0.25) is 0 Å². The molecule has 0 saturated carbocycles. The molecule has 1 atom stereocenters. The van der Waals surface area contributed by atoms with E-state index >= 15 is 0 Å². The van der Waals surface area contributed by atoms with E-state index in [4.69, 9.17) is 0 Å². The number of rotatable bonds is 4. The van der Waals surface area contributed by atoms with Crippen LogP contribution in [0.25, 0.3) is 55.3 Å². The minimum atomic E-state index is -0.449. The molecule has 9 aromatic carbocycles. The summed E-state index contributed by atoms with van der Waals surface area (Å²) in [4.78, 5) is 2.64. The molecule has 0 aromatic heterocycles. The summed E-state index contributed by atoms with van der Waals surface area (Å²) in [5.41, 5.74) is 25.4. The molecule has 0 amide bonds. The van der Waals surface area contributed by atoms with E-state index in [9.17, 15) is 0 Å². The van der Waals surface area contributed by atoms with Crippen molar-refractivity contribution in [1.82, 2.24) is 0 Å². The van der Waals surface area contributed by atoms with Crippen molar-refractivity contribution in [1.29, 1.82) is 0 Å². The van der Waals surface area contributed by atoms with E-state index in [1.54, 1.807) is 0 Å². The van der Waals surface area contributed by atoms with Gasteiger partial charge < -0.3 is 4.90 Å². The van der Waals surface area contributed by atoms with Crippen LogP contribution in [0.4, 0.5) is 11.4 Å². The molecule has 4 aliphatic carbocycles. The number of anilines is 2. The van der Waals surface area contributed by atoms with E-state index in [-0.39, 0.29) is 0 Å². The molecule has 13 rings (SSSR count). The number of nitrogens with zero attached hydrogens (tertiary/aromatic N) is 1. The topological polar surface area (TPSA) is 3.24 Å². The van der Waals surface area contributed by atoms with E-state index in [2.05, 4.69) is 193 Å². The maximum Gasteiger partial charge on any atom is 0.0729 e. The van der Waals surface area contributed by atoms with Crippen LogP contribution in [-0.2, 0) is 24.8 Å². The molecule has 0 radical (unpaired) electrons. The zero-order valence-corrected chi connectivity index (χ0v) is 31.5. The summed E-state index contributed by atoms with van der Waals surface area (Å²) < 4.78 is 0. The maximum absolute atomic E-state index is 2.64. The number of fused-ring (bicyclic) bond motifs is 17. The van der Waals surface area contributed by atoms with Gasteiger partial charge in [-0.15, -0.1) is 0 Å². The van der Waals surface area contributed by atoms with Gasteiger partial charge in [-0.2, -0.15) is 0 Å². The standard InChI is InChI=1S/C56H37N/c1-2-14-36-33-52-49(32-35(36)13-1)47-22-8-10-25-51(47)56(52)50-24-9-7-21-46(50)48-23-11-18-40(55(48)56)34-57(42-27-28-44-41(31-42)30-37-15-3-5-19-43(37)44)53-26-12-17-39-29-38-16-4-6-20-45(38)54(39)53/h1-28,31-33H,29-30,34H2. The van der Waals surface area contributed by atoms with E-state index < -0.39 is 5.41 Å². The van der Waals surface area contributed by atoms with Crippen LogP contribution in [-0.4, -0.2) is 0 Å². The fourth-order valence-corrected chi connectivity index (χ4v) is 11.3. The largest absolute Gasteiger partial charge is 0.336 e. The normalized spacial score (nSPS) is 15.7. The number of hydrogen-bond acceptors (Lipinski definition) is 1. The van der Waals surface area contributed by atoms with Crippen molar-refractivity contribution in [2.24, 2.45) is 0 Å². The maximum atomic E-state index is 2.64. The predicted molar refractivity (Wildman–Crippen MR) is 235 cm³/mol. The first-order valence-corrected chi connectivity index (χ1v) is 20.3. The summed E-state index contributed by atoms with van der Waals surface area (Å²) in [6.45, 7) is 0.731. The third-order valence-electron chi connectivity index (χ3n) is 13.6. The molecule has 0 aliphatic heterocycles. The van der Waals surface area contributed by atoms with Crippen molar-refractivity contribution >= 4 is 22.1 Å². The second kappa shape index (κ2) is 11.5. The number of benzene rings is 9. The van der Waals surface area contributed by atoms with Crippen LogP contribution in [0.1, 0.15) is 50.1 Å². The minimum Gasteiger partial charge on any atom is -0.336 e. The molecule has 0 heterocycles. The summed E-state index contributed by atoms with van der Waals surface area (Å²) in [7, 11) is 0. The molecule has 9 aromatic rings. The van der Waals surface area contributed by atoms with Gasteiger partial charge in [-0.25, -0.2) is 0 Å². The summed E-state index contributed by atoms with van der Waals surface area (Å²) in [5.74, 6) is 0. The number of hydrogen-bond donors (Lipinski definition) is 0. The molecule has 0 fully saturated rings. The average molecular weight is 724 g/mol. The first kappa shape index (κ1) is 31.3. The van der Waals surface area contributed by atoms with Crippen molar-refractivity contribution in [2.75, 3.05) is 4.90 Å². The van der Waals surface area contributed by atoms with Crippen LogP contribution in [0, 0.1) is 0 Å². The molecule has 1 spiro atoms. The monoisotopic (exact) mass is 723 g/mol. The van der Waals surface area contributed by atoms with E-state index in [1.807, 2.05) is 0 Å². The van der Waals surface area contributed by atoms with Gasteiger partial charge in [0.2, 0.25) is 0 Å². The van der Waals surface area contributed by atoms with Crippen molar-refractivity contribution in [3.05, 3.63) is 238 Å². The Balaban J connectivity index is 1.07. The van der Waals surface area contributed by atoms with Crippen LogP contribution < -0.4 is 4.90 Å². The van der Waals surface area contributed by atoms with Crippen LogP contribution >= 0.6 is 0 Å². The molecule has 266 valence electrons. The van der Waals surface area contributed by atoms with Gasteiger partial charge in [0.05, 0.1) is 5.41 Å². The SMILES string of the molecule is c1ccc2c(c1)Cc1cc(N(Cc3cccc4c3C3(c5ccccc5-c5cc6ccccc6cc53)c3ccccc3-4)c3cccc4c3-c3ccccc3C4)ccc1-2. The minimum absolute atomic E-state index is 0.449. The fourth-order valence-electron chi connectivity index (χ4n) is 11.3. The molecule has 1 nitrogen and oxygen atoms in total. The zero-order chi connectivity index (χ0) is 37.2. The average Bonchev–Trinajstić information content (AvgIpc) is 4.00. The van der Waals surface area contributed by atoms with Crippen LogP contribution in [0.15, 0.2) is 188 Å². The quantitative estimate of drug-likeness (QED) is 0.175. The molecule has 1 heteroatoms. The van der Waals surface area contributed by atoms with Crippen molar-refractivity contribution < 1.29 is 0 Å². The lowest BCUT2D eigenvalue weighted by Gasteiger charge is -2.34. The summed E-state index contributed by atoms with van der Waals surface area (Å²) in [5, 5.41) is 2.57. The lowest BCUT2D eigenvalue weighted by molar-refractivity contribution is 0.774. The molecule has 0 N–H and O–H groups in total. The van der Waals surface area contributed by atoms with Gasteiger partial charge in [0.25, 0.3) is 0 Å². The Morgan fingerprint density at radius 1 is 0.386 bits per heavy atom. The third-order valence-corrected chi connectivity index (χ3v) is 13.6. The Morgan fingerprint density at radius 2 is 0.965 bits per heavy atom. The molecule has 57 heavy (non-hydrogen) atoms. The second-order valence-corrected chi connectivity index (χ2v) is 16.3. The Morgan fingerprint density at radius 3 is 1.77 bits per heavy atom. The summed E-state index contributed by atoms with van der Waals surface area (Å²) >= 11 is 0. The van der Waals surface area contributed by atoms with Gasteiger partial charge in [0.15, 0.2) is 0 Å². The Kier molecular flexibility index (Phi) is 6.33. The third kappa shape index (κ3) is 4.18. The molecule has 0 bridgehead atoms. The first-order valence-electron chi connectivity index (χ1n) is 20.3. The Hall–Kier alpha value is -6.96. The lowest BCUT2D eigenvalue weighted by atomic mass is 9.69. The van der Waals surface area contributed by atoms with Gasteiger partial charge in [0.1, 0.15) is 0 Å². The highest BCUT2D eigenvalue weighted by Gasteiger charge is 2.52. The van der Waals surface area contributed by atoms with Gasteiger partial charge in [-0.1, -0.05) is 158 Å². The van der Waals surface area contributed by atoms with Gasteiger partial charge in [-0.3, -0.25) is 0 Å². The highest BCUT2D eigenvalue weighted by molar-refractivity contribution is 6.00. The van der Waals surface area contributed by atoms with Gasteiger partial charge in [-0.05, 0) is 143 Å². The van der Waals surface area contributed by atoms with Crippen molar-refractivity contribution in [2.45, 2.75) is 24.8 Å². The molecule has 4 aliphatic rings. The molecule has 1 unspecified atom stereocenters. The fraction of sp³-hybridized carbons (Fsp3) is 0.0714. The summed E-state index contributed by atoms with van der Waals surface area (Å²) in [6, 6.07) is 71.5. The van der Waals surface area contributed by atoms with E-state index in [1.165, 1.54) is 117 Å². The smallest absolute Gasteiger partial charge is 0.0729 e. The molecular weight excluding hydrogens is 687 g/mol. The predicted octanol–water partition coefficient (Wildman–Crippen LogP) is 13.7. The van der Waals surface area contributed by atoms with Crippen molar-refractivity contribution in [3.8, 4) is 44.5 Å². The Labute approximate surface area is 333 Å². The summed E-state index contributed by atoms with van der Waals surface area (Å²) in [6.07, 6.45) is 1.93. The lowest BCUT2D eigenvalue weighted by Crippen LogP contribution is -2.29. The van der Waals surface area contributed by atoms with E-state index in [0.717, 1.165) is 19.4 Å². The Bertz CT molecular complexity index is 3180. The molecular formula is C56H37N. The second-order valence-electron chi connectivity index (χ2n) is 16.3. The van der Waals surface area contributed by atoms with Crippen LogP contribution in [0.5, 0.6) is 0 Å². The highest BCUT2D eigenvalue weighted by atomic mass is 15.1. The molecule has 0 saturated heterocycles. The first-order chi connectivity index (χ1) is 28.3.